The molecular formula is C26H25F3N4O2. The average molecular weight is 483 g/mol. The van der Waals surface area contributed by atoms with Crippen LogP contribution in [0.5, 0.6) is 0 Å². The number of halogens is 3. The number of anilines is 2. The standard InChI is InChI=1S/C26H25F3N4O2/c27-26(28,29)17-2-4-18(5-3-17)32-9-7-15-8-10-33(23(15)12-32)25(34)16-1-6-22-19(11-16)20-13-35-14-21(20)24(30)31-22/h1-6,11,15,23H,7-10,12-14H2,(H2,30,31). The van der Waals surface area contributed by atoms with Gasteiger partial charge >= 0.3 is 6.18 Å². The number of hydrogen-bond donors (Lipinski definition) is 1. The van der Waals surface area contributed by atoms with Crippen molar-refractivity contribution >= 4 is 28.3 Å². The minimum atomic E-state index is -4.35. The predicted octanol–water partition coefficient (Wildman–Crippen LogP) is 4.61. The molecule has 1 amide bonds. The van der Waals surface area contributed by atoms with Gasteiger partial charge in [-0.3, -0.25) is 4.79 Å². The normalized spacial score (nSPS) is 21.9. The van der Waals surface area contributed by atoms with Gasteiger partial charge in [0, 0.05) is 41.8 Å². The summed E-state index contributed by atoms with van der Waals surface area (Å²) in [5, 5.41) is 0.892. The SMILES string of the molecule is Nc1nc2ccc(C(=O)N3CCC4CCN(c5ccc(C(F)(F)F)cc5)CC43)cc2c2c1COC2. The number of nitrogen functional groups attached to an aromatic ring is 1. The molecule has 2 atom stereocenters. The zero-order valence-corrected chi connectivity index (χ0v) is 19.0. The Morgan fingerprint density at radius 2 is 1.77 bits per heavy atom. The fraction of sp³-hybridized carbons (Fsp3) is 0.385. The molecule has 0 bridgehead atoms. The Balaban J connectivity index is 1.25. The van der Waals surface area contributed by atoms with E-state index in [1.54, 1.807) is 6.07 Å². The Hall–Kier alpha value is -3.33. The van der Waals surface area contributed by atoms with E-state index in [1.807, 2.05) is 17.0 Å². The van der Waals surface area contributed by atoms with Gasteiger partial charge in [-0.25, -0.2) is 4.98 Å². The number of carbonyl (C=O) groups is 1. The van der Waals surface area contributed by atoms with Crippen LogP contribution in [0.25, 0.3) is 10.9 Å². The van der Waals surface area contributed by atoms with Crippen LogP contribution < -0.4 is 10.6 Å². The largest absolute Gasteiger partial charge is 0.416 e. The second-order valence-corrected chi connectivity index (χ2v) is 9.57. The van der Waals surface area contributed by atoms with Gasteiger partial charge in [-0.05, 0) is 66.8 Å². The first-order valence-corrected chi connectivity index (χ1v) is 11.8. The summed E-state index contributed by atoms with van der Waals surface area (Å²) >= 11 is 0. The van der Waals surface area contributed by atoms with E-state index in [2.05, 4.69) is 9.88 Å². The minimum absolute atomic E-state index is 0.0211. The average Bonchev–Trinajstić information content (AvgIpc) is 3.51. The molecule has 3 aliphatic rings. The van der Waals surface area contributed by atoms with Gasteiger partial charge in [0.25, 0.3) is 5.91 Å². The number of pyridine rings is 1. The minimum Gasteiger partial charge on any atom is -0.383 e. The van der Waals surface area contributed by atoms with Crippen molar-refractivity contribution in [2.75, 3.05) is 30.3 Å². The molecule has 2 unspecified atom stereocenters. The van der Waals surface area contributed by atoms with Crippen molar-refractivity contribution in [2.24, 2.45) is 5.92 Å². The summed E-state index contributed by atoms with van der Waals surface area (Å²) in [6, 6.07) is 10.8. The fourth-order valence-electron chi connectivity index (χ4n) is 5.76. The quantitative estimate of drug-likeness (QED) is 0.578. The number of nitrogens with zero attached hydrogens (tertiary/aromatic N) is 3. The summed E-state index contributed by atoms with van der Waals surface area (Å²) in [6.45, 7) is 2.93. The number of likely N-dealkylation sites (tertiary alicyclic amines) is 1. The lowest BCUT2D eigenvalue weighted by molar-refractivity contribution is -0.137. The van der Waals surface area contributed by atoms with Crippen LogP contribution in [0.1, 0.15) is 39.9 Å². The van der Waals surface area contributed by atoms with E-state index in [0.717, 1.165) is 59.2 Å². The molecule has 6 nitrogen and oxygen atoms in total. The number of piperidine rings is 1. The number of amides is 1. The summed E-state index contributed by atoms with van der Waals surface area (Å²) in [6.07, 6.45) is -2.51. The first-order chi connectivity index (χ1) is 16.8. The maximum absolute atomic E-state index is 13.6. The molecule has 3 aliphatic heterocycles. The van der Waals surface area contributed by atoms with E-state index < -0.39 is 11.7 Å². The van der Waals surface area contributed by atoms with E-state index in [4.69, 9.17) is 10.5 Å². The molecule has 4 heterocycles. The number of carbonyl (C=O) groups excluding carboxylic acids is 1. The third-order valence-corrected chi connectivity index (χ3v) is 7.66. The molecule has 0 saturated carbocycles. The van der Waals surface area contributed by atoms with Crippen LogP contribution in [-0.4, -0.2) is 41.5 Å². The number of ether oxygens (including phenoxy) is 1. The van der Waals surface area contributed by atoms with Crippen molar-refractivity contribution in [3.05, 3.63) is 64.7 Å². The van der Waals surface area contributed by atoms with Crippen LogP contribution >= 0.6 is 0 Å². The Morgan fingerprint density at radius 1 is 1.03 bits per heavy atom. The second-order valence-electron chi connectivity index (χ2n) is 9.57. The highest BCUT2D eigenvalue weighted by molar-refractivity contribution is 5.99. The molecule has 0 aliphatic carbocycles. The molecule has 35 heavy (non-hydrogen) atoms. The zero-order chi connectivity index (χ0) is 24.3. The first-order valence-electron chi connectivity index (χ1n) is 11.8. The molecule has 9 heteroatoms. The summed E-state index contributed by atoms with van der Waals surface area (Å²) in [7, 11) is 0. The molecule has 3 aromatic rings. The summed E-state index contributed by atoms with van der Waals surface area (Å²) < 4.78 is 44.4. The van der Waals surface area contributed by atoms with E-state index >= 15 is 0 Å². The molecule has 1 aromatic heterocycles. The fourth-order valence-corrected chi connectivity index (χ4v) is 5.76. The first kappa shape index (κ1) is 22.2. The summed E-state index contributed by atoms with van der Waals surface area (Å²) in [5.74, 6) is 0.833. The monoisotopic (exact) mass is 482 g/mol. The van der Waals surface area contributed by atoms with Crippen molar-refractivity contribution in [1.82, 2.24) is 9.88 Å². The number of alkyl halides is 3. The van der Waals surface area contributed by atoms with Crippen molar-refractivity contribution in [2.45, 2.75) is 38.3 Å². The highest BCUT2D eigenvalue weighted by atomic mass is 19.4. The topological polar surface area (TPSA) is 71.7 Å². The van der Waals surface area contributed by atoms with E-state index in [0.29, 0.717) is 43.6 Å². The molecule has 0 spiro atoms. The maximum Gasteiger partial charge on any atom is 0.416 e. The van der Waals surface area contributed by atoms with Crippen LogP contribution in [0.15, 0.2) is 42.5 Å². The molecule has 2 fully saturated rings. The number of fused-ring (bicyclic) bond motifs is 4. The number of rotatable bonds is 2. The molecule has 6 rings (SSSR count). The van der Waals surface area contributed by atoms with Crippen LogP contribution in [0, 0.1) is 5.92 Å². The van der Waals surface area contributed by atoms with Crippen LogP contribution in [0.2, 0.25) is 0 Å². The van der Waals surface area contributed by atoms with Gasteiger partial charge in [-0.1, -0.05) is 0 Å². The van der Waals surface area contributed by atoms with Crippen LogP contribution in [0.4, 0.5) is 24.7 Å². The summed E-state index contributed by atoms with van der Waals surface area (Å²) in [4.78, 5) is 22.1. The highest BCUT2D eigenvalue weighted by Crippen LogP contribution is 2.37. The Bertz CT molecular complexity index is 1310. The van der Waals surface area contributed by atoms with Gasteiger partial charge in [0.2, 0.25) is 0 Å². The van der Waals surface area contributed by atoms with Gasteiger partial charge in [0.05, 0.1) is 30.3 Å². The molecular weight excluding hydrogens is 457 g/mol. The van der Waals surface area contributed by atoms with Crippen LogP contribution in [-0.2, 0) is 24.1 Å². The molecule has 2 aromatic carbocycles. The lowest BCUT2D eigenvalue weighted by Gasteiger charge is -2.39. The number of benzene rings is 2. The third-order valence-electron chi connectivity index (χ3n) is 7.66. The van der Waals surface area contributed by atoms with E-state index in [9.17, 15) is 18.0 Å². The number of nitrogens with two attached hydrogens (primary N) is 1. The van der Waals surface area contributed by atoms with Crippen LogP contribution in [0.3, 0.4) is 0 Å². The van der Waals surface area contributed by atoms with Crippen molar-refractivity contribution < 1.29 is 22.7 Å². The van der Waals surface area contributed by atoms with Gasteiger partial charge < -0.3 is 20.3 Å². The molecule has 2 N–H and O–H groups in total. The third kappa shape index (κ3) is 3.78. The predicted molar refractivity (Wildman–Crippen MR) is 126 cm³/mol. The Labute approximate surface area is 200 Å². The molecule has 0 radical (unpaired) electrons. The van der Waals surface area contributed by atoms with E-state index in [-0.39, 0.29) is 11.9 Å². The maximum atomic E-state index is 13.6. The molecule has 182 valence electrons. The Kier molecular flexibility index (Phi) is 5.14. The zero-order valence-electron chi connectivity index (χ0n) is 19.0. The summed E-state index contributed by atoms with van der Waals surface area (Å²) in [5.41, 5.74) is 9.40. The lowest BCUT2D eigenvalue weighted by atomic mass is 9.91. The van der Waals surface area contributed by atoms with E-state index in [1.165, 1.54) is 12.1 Å². The number of aromatic nitrogens is 1. The molecule has 2 saturated heterocycles. The lowest BCUT2D eigenvalue weighted by Crippen LogP contribution is -2.50. The second kappa shape index (κ2) is 8.12. The van der Waals surface area contributed by atoms with Gasteiger partial charge in [-0.2, -0.15) is 13.2 Å². The van der Waals surface area contributed by atoms with Gasteiger partial charge in [0.1, 0.15) is 5.82 Å². The highest BCUT2D eigenvalue weighted by Gasteiger charge is 2.41. The number of hydrogen-bond acceptors (Lipinski definition) is 5. The van der Waals surface area contributed by atoms with Gasteiger partial charge in [0.15, 0.2) is 0 Å². The van der Waals surface area contributed by atoms with Gasteiger partial charge in [-0.15, -0.1) is 0 Å². The Morgan fingerprint density at radius 3 is 2.54 bits per heavy atom. The smallest absolute Gasteiger partial charge is 0.383 e. The van der Waals surface area contributed by atoms with Crippen molar-refractivity contribution in [3.63, 3.8) is 0 Å². The van der Waals surface area contributed by atoms with Crippen molar-refractivity contribution in [3.8, 4) is 0 Å². The van der Waals surface area contributed by atoms with Crippen molar-refractivity contribution in [1.29, 1.82) is 0 Å².